The first-order chi connectivity index (χ1) is 14.9. The highest BCUT2D eigenvalue weighted by atomic mass is 19.1. The Morgan fingerprint density at radius 2 is 1.74 bits per heavy atom. The van der Waals surface area contributed by atoms with Crippen LogP contribution in [0, 0.1) is 12.7 Å². The third-order valence-corrected chi connectivity index (χ3v) is 5.00. The summed E-state index contributed by atoms with van der Waals surface area (Å²) in [5, 5.41) is 0. The Morgan fingerprint density at radius 3 is 2.35 bits per heavy atom. The monoisotopic (exact) mass is 420 g/mol. The van der Waals surface area contributed by atoms with E-state index in [2.05, 4.69) is 4.98 Å². The summed E-state index contributed by atoms with van der Waals surface area (Å²) in [7, 11) is 1.46. The zero-order valence-electron chi connectivity index (χ0n) is 17.9. The molecule has 0 fully saturated rings. The van der Waals surface area contributed by atoms with Crippen molar-refractivity contribution >= 4 is 17.6 Å². The minimum atomic E-state index is -0.613. The fraction of sp³-hybridized carbons (Fsp3) is 0.240. The van der Waals surface area contributed by atoms with Crippen molar-refractivity contribution in [3.8, 4) is 11.1 Å². The zero-order chi connectivity index (χ0) is 22.4. The fourth-order valence-corrected chi connectivity index (χ4v) is 3.17. The maximum Gasteiger partial charge on any atom is 0.414 e. The Balaban J connectivity index is 1.67. The molecule has 0 spiro atoms. The molecule has 0 saturated carbocycles. The highest BCUT2D eigenvalue weighted by molar-refractivity contribution is 5.96. The van der Waals surface area contributed by atoms with Gasteiger partial charge in [-0.05, 0) is 55.2 Å². The highest BCUT2D eigenvalue weighted by Gasteiger charge is 2.16. The lowest BCUT2D eigenvalue weighted by Crippen LogP contribution is -2.27. The number of carbonyl (C=O) groups excluding carboxylic acids is 2. The van der Waals surface area contributed by atoms with Gasteiger partial charge in [-0.25, -0.2) is 9.18 Å². The summed E-state index contributed by atoms with van der Waals surface area (Å²) in [6.07, 6.45) is 2.21. The minimum absolute atomic E-state index is 0.0460. The van der Waals surface area contributed by atoms with Crippen LogP contribution < -0.4 is 4.90 Å². The van der Waals surface area contributed by atoms with E-state index >= 15 is 0 Å². The largest absolute Gasteiger partial charge is 0.449 e. The molecule has 3 rings (SSSR count). The second-order valence-corrected chi connectivity index (χ2v) is 7.23. The molecule has 1 amide bonds. The first-order valence-corrected chi connectivity index (χ1v) is 10.1. The van der Waals surface area contributed by atoms with E-state index in [0.717, 1.165) is 21.7 Å². The molecule has 0 N–H and O–H groups in total. The zero-order valence-corrected chi connectivity index (χ0v) is 17.9. The van der Waals surface area contributed by atoms with Crippen LogP contribution in [0.2, 0.25) is 0 Å². The van der Waals surface area contributed by atoms with Crippen LogP contribution in [0.5, 0.6) is 0 Å². The molecule has 0 aliphatic rings. The Bertz CT molecular complexity index is 1060. The molecule has 0 aliphatic carbocycles. The number of ketones is 1. The van der Waals surface area contributed by atoms with Crippen molar-refractivity contribution in [3.05, 3.63) is 83.4 Å². The molecule has 3 aromatic rings. The molecule has 0 atom stereocenters. The predicted octanol–water partition coefficient (Wildman–Crippen LogP) is 5.60. The number of aromatic nitrogens is 1. The quantitative estimate of drug-likeness (QED) is 0.467. The molecule has 5 nitrogen and oxygen atoms in total. The van der Waals surface area contributed by atoms with Crippen molar-refractivity contribution in [2.45, 2.75) is 26.7 Å². The van der Waals surface area contributed by atoms with Gasteiger partial charge in [-0.1, -0.05) is 36.4 Å². The second-order valence-electron chi connectivity index (χ2n) is 7.23. The van der Waals surface area contributed by atoms with E-state index in [0.29, 0.717) is 24.0 Å². The molecule has 0 bridgehead atoms. The lowest BCUT2D eigenvalue weighted by molar-refractivity contribution is 0.0982. The standard InChI is InChI=1S/C25H25FN2O3/c1-4-31-25(30)28(3)23-13-12-21(15-22(23)26)19-8-10-20(11-9-19)24(29)14-7-18-6-5-17(2)27-16-18/h5-6,8-13,15-16H,4,7,14H2,1-3H3. The van der Waals surface area contributed by atoms with Crippen molar-refractivity contribution in [1.82, 2.24) is 4.98 Å². The number of pyridine rings is 1. The molecular weight excluding hydrogens is 395 g/mol. The van der Waals surface area contributed by atoms with Crippen molar-refractivity contribution in [2.75, 3.05) is 18.6 Å². The summed E-state index contributed by atoms with van der Waals surface area (Å²) >= 11 is 0. The number of amides is 1. The number of nitrogens with zero attached hydrogens (tertiary/aromatic N) is 2. The van der Waals surface area contributed by atoms with Gasteiger partial charge in [0, 0.05) is 30.9 Å². The minimum Gasteiger partial charge on any atom is -0.449 e. The summed E-state index contributed by atoms with van der Waals surface area (Å²) in [5.74, 6) is -0.482. The van der Waals surface area contributed by atoms with E-state index in [4.69, 9.17) is 4.74 Å². The predicted molar refractivity (Wildman–Crippen MR) is 119 cm³/mol. The molecule has 0 aliphatic heterocycles. The van der Waals surface area contributed by atoms with Crippen molar-refractivity contribution in [3.63, 3.8) is 0 Å². The molecule has 0 radical (unpaired) electrons. The maximum absolute atomic E-state index is 14.6. The molecule has 1 heterocycles. The number of anilines is 1. The Labute approximate surface area is 181 Å². The third-order valence-electron chi connectivity index (χ3n) is 5.00. The molecule has 160 valence electrons. The van der Waals surface area contributed by atoms with Crippen molar-refractivity contribution in [2.24, 2.45) is 0 Å². The summed E-state index contributed by atoms with van der Waals surface area (Å²) in [6.45, 7) is 3.84. The molecule has 6 heteroatoms. The smallest absolute Gasteiger partial charge is 0.414 e. The van der Waals surface area contributed by atoms with E-state index in [1.54, 1.807) is 43.5 Å². The topological polar surface area (TPSA) is 59.5 Å². The van der Waals surface area contributed by atoms with Crippen LogP contribution in [0.3, 0.4) is 0 Å². The van der Waals surface area contributed by atoms with Gasteiger partial charge >= 0.3 is 6.09 Å². The average molecular weight is 420 g/mol. The summed E-state index contributed by atoms with van der Waals surface area (Å²) in [5.41, 5.74) is 4.16. The van der Waals surface area contributed by atoms with Gasteiger partial charge in [-0.2, -0.15) is 0 Å². The fourth-order valence-electron chi connectivity index (χ4n) is 3.17. The molecule has 2 aromatic carbocycles. The van der Waals surface area contributed by atoms with E-state index in [9.17, 15) is 14.0 Å². The van der Waals surface area contributed by atoms with Crippen LogP contribution in [-0.2, 0) is 11.2 Å². The Kier molecular flexibility index (Phi) is 7.13. The lowest BCUT2D eigenvalue weighted by atomic mass is 9.99. The van der Waals surface area contributed by atoms with Crippen LogP contribution >= 0.6 is 0 Å². The summed E-state index contributed by atoms with van der Waals surface area (Å²) < 4.78 is 19.5. The Hall–Kier alpha value is -3.54. The van der Waals surface area contributed by atoms with Crippen molar-refractivity contribution < 1.29 is 18.7 Å². The number of ether oxygens (including phenoxy) is 1. The van der Waals surface area contributed by atoms with E-state index < -0.39 is 11.9 Å². The molecule has 31 heavy (non-hydrogen) atoms. The number of hydrogen-bond acceptors (Lipinski definition) is 4. The van der Waals surface area contributed by atoms with Gasteiger partial charge in [0.1, 0.15) is 5.82 Å². The molecular formula is C25H25FN2O3. The lowest BCUT2D eigenvalue weighted by Gasteiger charge is -2.17. The van der Waals surface area contributed by atoms with Crippen LogP contribution in [0.4, 0.5) is 14.9 Å². The SMILES string of the molecule is CCOC(=O)N(C)c1ccc(-c2ccc(C(=O)CCc3ccc(C)nc3)cc2)cc1F. The number of benzene rings is 2. The first kappa shape index (κ1) is 22.2. The van der Waals surface area contributed by atoms with Gasteiger partial charge in [-0.3, -0.25) is 14.7 Å². The average Bonchev–Trinajstić information content (AvgIpc) is 2.78. The molecule has 0 saturated heterocycles. The number of Topliss-reactive ketones (excluding diaryl/α,β-unsaturated/α-hetero) is 1. The Morgan fingerprint density at radius 1 is 1.03 bits per heavy atom. The third kappa shape index (κ3) is 5.54. The van der Waals surface area contributed by atoms with Crippen LogP contribution in [0.25, 0.3) is 11.1 Å². The van der Waals surface area contributed by atoms with E-state index in [1.807, 2.05) is 19.1 Å². The van der Waals surface area contributed by atoms with Crippen LogP contribution in [0.15, 0.2) is 60.8 Å². The number of carbonyl (C=O) groups is 2. The highest BCUT2D eigenvalue weighted by Crippen LogP contribution is 2.27. The van der Waals surface area contributed by atoms with Gasteiger partial charge in [0.05, 0.1) is 12.3 Å². The van der Waals surface area contributed by atoms with Crippen molar-refractivity contribution in [1.29, 1.82) is 0 Å². The number of aryl methyl sites for hydroxylation is 2. The summed E-state index contributed by atoms with van der Waals surface area (Å²) in [4.78, 5) is 29.7. The van der Waals surface area contributed by atoms with Gasteiger partial charge in [0.15, 0.2) is 5.78 Å². The molecule has 1 aromatic heterocycles. The maximum atomic E-state index is 14.6. The van der Waals surface area contributed by atoms with E-state index in [-0.39, 0.29) is 18.1 Å². The normalized spacial score (nSPS) is 10.6. The van der Waals surface area contributed by atoms with Gasteiger partial charge in [0.2, 0.25) is 0 Å². The van der Waals surface area contributed by atoms with E-state index in [1.165, 1.54) is 19.2 Å². The van der Waals surface area contributed by atoms with Crippen LogP contribution in [0.1, 0.15) is 35.0 Å². The van der Waals surface area contributed by atoms with Crippen LogP contribution in [-0.4, -0.2) is 30.5 Å². The number of rotatable bonds is 7. The number of hydrogen-bond donors (Lipinski definition) is 0. The van der Waals surface area contributed by atoms with Gasteiger partial charge in [-0.15, -0.1) is 0 Å². The first-order valence-electron chi connectivity index (χ1n) is 10.1. The second kappa shape index (κ2) is 9.98. The molecule has 0 unspecified atom stereocenters. The van der Waals surface area contributed by atoms with Gasteiger partial charge in [0.25, 0.3) is 0 Å². The number of halogens is 1. The van der Waals surface area contributed by atoms with Gasteiger partial charge < -0.3 is 4.74 Å². The summed E-state index contributed by atoms with van der Waals surface area (Å²) in [6, 6.07) is 15.6.